The SMILES string of the molecule is CCN1CCN(C(=O)CN(c2ccc(Cl)cc2)S(C)(=O)=O)CC1. The molecule has 23 heavy (non-hydrogen) atoms. The van der Waals surface area contributed by atoms with Crippen LogP contribution >= 0.6 is 11.6 Å². The zero-order valence-electron chi connectivity index (χ0n) is 13.4. The Labute approximate surface area is 142 Å². The Balaban J connectivity index is 2.10. The summed E-state index contributed by atoms with van der Waals surface area (Å²) < 4.78 is 25.2. The predicted molar refractivity (Wildman–Crippen MR) is 92.3 cm³/mol. The van der Waals surface area contributed by atoms with Gasteiger partial charge in [0.1, 0.15) is 6.54 Å². The Morgan fingerprint density at radius 2 is 1.74 bits per heavy atom. The van der Waals surface area contributed by atoms with Crippen molar-refractivity contribution in [2.75, 3.05) is 49.8 Å². The van der Waals surface area contributed by atoms with Crippen LogP contribution in [0.2, 0.25) is 5.02 Å². The summed E-state index contributed by atoms with van der Waals surface area (Å²) in [5.74, 6) is -0.180. The second-order valence-electron chi connectivity index (χ2n) is 5.56. The van der Waals surface area contributed by atoms with E-state index in [1.54, 1.807) is 29.2 Å². The first kappa shape index (κ1) is 18.0. The maximum Gasteiger partial charge on any atom is 0.243 e. The monoisotopic (exact) mass is 359 g/mol. The maximum atomic E-state index is 12.5. The highest BCUT2D eigenvalue weighted by molar-refractivity contribution is 7.92. The molecule has 0 radical (unpaired) electrons. The molecule has 1 aromatic carbocycles. The van der Waals surface area contributed by atoms with Gasteiger partial charge in [0.15, 0.2) is 0 Å². The van der Waals surface area contributed by atoms with E-state index in [0.29, 0.717) is 23.8 Å². The first-order valence-corrected chi connectivity index (χ1v) is 9.77. The number of likely N-dealkylation sites (N-methyl/N-ethyl adjacent to an activating group) is 1. The summed E-state index contributed by atoms with van der Waals surface area (Å²) in [6, 6.07) is 6.43. The molecular formula is C15H22ClN3O3S. The Morgan fingerprint density at radius 1 is 1.17 bits per heavy atom. The minimum absolute atomic E-state index is 0.180. The zero-order chi connectivity index (χ0) is 17.0. The largest absolute Gasteiger partial charge is 0.339 e. The highest BCUT2D eigenvalue weighted by Gasteiger charge is 2.26. The van der Waals surface area contributed by atoms with E-state index < -0.39 is 10.0 Å². The molecule has 1 saturated heterocycles. The number of benzene rings is 1. The van der Waals surface area contributed by atoms with E-state index in [1.165, 1.54) is 0 Å². The number of hydrogen-bond acceptors (Lipinski definition) is 4. The highest BCUT2D eigenvalue weighted by Crippen LogP contribution is 2.20. The van der Waals surface area contributed by atoms with Gasteiger partial charge < -0.3 is 9.80 Å². The quantitative estimate of drug-likeness (QED) is 0.794. The molecule has 1 aromatic rings. The Kier molecular flexibility index (Phi) is 5.89. The van der Waals surface area contributed by atoms with E-state index in [1.807, 2.05) is 0 Å². The summed E-state index contributed by atoms with van der Waals surface area (Å²) in [4.78, 5) is 16.4. The molecule has 8 heteroatoms. The lowest BCUT2D eigenvalue weighted by atomic mass is 10.3. The van der Waals surface area contributed by atoms with Crippen molar-refractivity contribution < 1.29 is 13.2 Å². The number of hydrogen-bond donors (Lipinski definition) is 0. The average Bonchev–Trinajstić information content (AvgIpc) is 2.52. The molecule has 0 unspecified atom stereocenters. The molecule has 1 amide bonds. The first-order valence-electron chi connectivity index (χ1n) is 7.54. The molecule has 0 bridgehead atoms. The third-order valence-electron chi connectivity index (χ3n) is 3.97. The van der Waals surface area contributed by atoms with Crippen molar-refractivity contribution in [2.45, 2.75) is 6.92 Å². The standard InChI is InChI=1S/C15H22ClN3O3S/c1-3-17-8-10-18(11-9-17)15(20)12-19(23(2,21)22)14-6-4-13(16)5-7-14/h4-7H,3,8-12H2,1-2H3. The van der Waals surface area contributed by atoms with E-state index in [9.17, 15) is 13.2 Å². The van der Waals surface area contributed by atoms with Crippen LogP contribution in [0.3, 0.4) is 0 Å². The van der Waals surface area contributed by atoms with Gasteiger partial charge in [-0.05, 0) is 30.8 Å². The number of carbonyl (C=O) groups is 1. The molecule has 0 atom stereocenters. The van der Waals surface area contributed by atoms with Gasteiger partial charge in [-0.25, -0.2) is 8.42 Å². The van der Waals surface area contributed by atoms with Crippen LogP contribution in [0, 0.1) is 0 Å². The Hall–Kier alpha value is -1.31. The number of amides is 1. The number of rotatable bonds is 5. The van der Waals surface area contributed by atoms with Crippen molar-refractivity contribution in [2.24, 2.45) is 0 Å². The number of sulfonamides is 1. The van der Waals surface area contributed by atoms with Crippen molar-refractivity contribution in [3.63, 3.8) is 0 Å². The maximum absolute atomic E-state index is 12.5. The lowest BCUT2D eigenvalue weighted by Crippen LogP contribution is -2.51. The normalized spacial score (nSPS) is 16.4. The molecule has 2 rings (SSSR count). The minimum Gasteiger partial charge on any atom is -0.339 e. The topological polar surface area (TPSA) is 60.9 Å². The van der Waals surface area contributed by atoms with Gasteiger partial charge in [-0.2, -0.15) is 0 Å². The second kappa shape index (κ2) is 7.51. The fraction of sp³-hybridized carbons (Fsp3) is 0.533. The number of nitrogens with zero attached hydrogens (tertiary/aromatic N) is 3. The second-order valence-corrected chi connectivity index (χ2v) is 7.90. The van der Waals surface area contributed by atoms with Crippen molar-refractivity contribution in [1.82, 2.24) is 9.80 Å². The Bertz CT molecular complexity index is 640. The van der Waals surface area contributed by atoms with Crippen LogP contribution in [-0.2, 0) is 14.8 Å². The molecule has 1 aliphatic heterocycles. The Morgan fingerprint density at radius 3 is 2.22 bits per heavy atom. The summed E-state index contributed by atoms with van der Waals surface area (Å²) in [5.41, 5.74) is 0.442. The number of halogens is 1. The minimum atomic E-state index is -3.55. The van der Waals surface area contributed by atoms with Crippen molar-refractivity contribution in [3.05, 3.63) is 29.3 Å². The van der Waals surface area contributed by atoms with Gasteiger partial charge in [-0.15, -0.1) is 0 Å². The highest BCUT2D eigenvalue weighted by atomic mass is 35.5. The summed E-state index contributed by atoms with van der Waals surface area (Å²) in [7, 11) is -3.55. The van der Waals surface area contributed by atoms with E-state index in [2.05, 4.69) is 11.8 Å². The van der Waals surface area contributed by atoms with Crippen molar-refractivity contribution in [3.8, 4) is 0 Å². The molecule has 0 aromatic heterocycles. The third-order valence-corrected chi connectivity index (χ3v) is 5.36. The van der Waals surface area contributed by atoms with E-state index in [-0.39, 0.29) is 12.5 Å². The number of carbonyl (C=O) groups excluding carboxylic acids is 1. The van der Waals surface area contributed by atoms with Gasteiger partial charge in [0.05, 0.1) is 11.9 Å². The van der Waals surface area contributed by atoms with Gasteiger partial charge >= 0.3 is 0 Å². The summed E-state index contributed by atoms with van der Waals surface area (Å²) in [5, 5.41) is 0.518. The van der Waals surface area contributed by atoms with Gasteiger partial charge in [-0.1, -0.05) is 18.5 Å². The van der Waals surface area contributed by atoms with Crippen molar-refractivity contribution in [1.29, 1.82) is 0 Å². The third kappa shape index (κ3) is 4.83. The van der Waals surface area contributed by atoms with E-state index >= 15 is 0 Å². The fourth-order valence-electron chi connectivity index (χ4n) is 2.54. The van der Waals surface area contributed by atoms with Crippen LogP contribution in [0.4, 0.5) is 5.69 Å². The van der Waals surface area contributed by atoms with Gasteiger partial charge in [-0.3, -0.25) is 9.10 Å². The van der Waals surface area contributed by atoms with Crippen LogP contribution < -0.4 is 4.31 Å². The van der Waals surface area contributed by atoms with E-state index in [4.69, 9.17) is 11.6 Å². The van der Waals surface area contributed by atoms with Crippen LogP contribution in [0.1, 0.15) is 6.92 Å². The molecule has 0 spiro atoms. The fourth-order valence-corrected chi connectivity index (χ4v) is 3.52. The molecule has 1 heterocycles. The smallest absolute Gasteiger partial charge is 0.243 e. The molecule has 1 aliphatic rings. The number of piperazine rings is 1. The molecule has 0 aliphatic carbocycles. The number of anilines is 1. The lowest BCUT2D eigenvalue weighted by molar-refractivity contribution is -0.131. The van der Waals surface area contributed by atoms with Crippen molar-refractivity contribution >= 4 is 33.2 Å². The summed E-state index contributed by atoms with van der Waals surface area (Å²) >= 11 is 5.84. The van der Waals surface area contributed by atoms with Crippen LogP contribution in [0.15, 0.2) is 24.3 Å². The van der Waals surface area contributed by atoms with Crippen LogP contribution in [0.25, 0.3) is 0 Å². The van der Waals surface area contributed by atoms with Gasteiger partial charge in [0.25, 0.3) is 0 Å². The summed E-state index contributed by atoms with van der Waals surface area (Å²) in [6.07, 6.45) is 1.10. The first-order chi connectivity index (χ1) is 10.8. The molecule has 128 valence electrons. The molecule has 1 fully saturated rings. The van der Waals surface area contributed by atoms with E-state index in [0.717, 1.165) is 30.2 Å². The van der Waals surface area contributed by atoms with Crippen LogP contribution in [0.5, 0.6) is 0 Å². The average molecular weight is 360 g/mol. The van der Waals surface area contributed by atoms with Crippen LogP contribution in [-0.4, -0.2) is 69.6 Å². The molecular weight excluding hydrogens is 338 g/mol. The summed E-state index contributed by atoms with van der Waals surface area (Å²) in [6.45, 7) is 5.76. The predicted octanol–water partition coefficient (Wildman–Crippen LogP) is 1.27. The van der Waals surface area contributed by atoms with Gasteiger partial charge in [0.2, 0.25) is 15.9 Å². The lowest BCUT2D eigenvalue weighted by Gasteiger charge is -2.35. The molecule has 0 saturated carbocycles. The molecule has 0 N–H and O–H groups in total. The zero-order valence-corrected chi connectivity index (χ0v) is 15.0. The van der Waals surface area contributed by atoms with Gasteiger partial charge in [0, 0.05) is 31.2 Å². The molecule has 6 nitrogen and oxygen atoms in total.